The van der Waals surface area contributed by atoms with E-state index in [1.54, 1.807) is 0 Å². The second-order valence-electron chi connectivity index (χ2n) is 4.08. The van der Waals surface area contributed by atoms with Crippen molar-refractivity contribution in [3.8, 4) is 0 Å². The van der Waals surface area contributed by atoms with Gasteiger partial charge in [-0.05, 0) is 37.4 Å². The van der Waals surface area contributed by atoms with E-state index in [0.29, 0.717) is 5.92 Å². The maximum absolute atomic E-state index is 4.35. The molecule has 3 heteroatoms. The van der Waals surface area contributed by atoms with Crippen LogP contribution in [-0.4, -0.2) is 22.9 Å². The highest BCUT2D eigenvalue weighted by molar-refractivity contribution is 5.09. The number of nitrogens with one attached hydrogen (secondary N) is 1. The van der Waals surface area contributed by atoms with Crippen LogP contribution in [0.1, 0.15) is 45.1 Å². The minimum absolute atomic E-state index is 0.606. The fourth-order valence-corrected chi connectivity index (χ4v) is 1.65. The van der Waals surface area contributed by atoms with E-state index in [0.717, 1.165) is 26.1 Å². The fourth-order valence-electron chi connectivity index (χ4n) is 1.65. The van der Waals surface area contributed by atoms with Gasteiger partial charge in [0.05, 0.1) is 6.20 Å². The zero-order chi connectivity index (χ0) is 11.1. The zero-order valence-corrected chi connectivity index (χ0v) is 10.2. The first-order valence-corrected chi connectivity index (χ1v) is 6.01. The third-order valence-corrected chi connectivity index (χ3v) is 2.68. The number of aromatic nitrogens is 2. The molecule has 1 N–H and O–H groups in total. The monoisotopic (exact) mass is 209 g/mol. The second kappa shape index (κ2) is 6.62. The molecular weight excluding hydrogens is 186 g/mol. The van der Waals surface area contributed by atoms with Gasteiger partial charge in [0.25, 0.3) is 0 Å². The molecule has 0 aliphatic carbocycles. The lowest BCUT2D eigenvalue weighted by atomic mass is 10.0. The van der Waals surface area contributed by atoms with Crippen LogP contribution >= 0.6 is 0 Å². The molecule has 1 rings (SSSR count). The van der Waals surface area contributed by atoms with Crippen molar-refractivity contribution in [2.24, 2.45) is 0 Å². The van der Waals surface area contributed by atoms with E-state index in [2.05, 4.69) is 37.4 Å². The third kappa shape index (κ3) is 4.04. The summed E-state index contributed by atoms with van der Waals surface area (Å²) in [7, 11) is 0. The summed E-state index contributed by atoms with van der Waals surface area (Å²) in [6.07, 6.45) is 6.52. The molecule has 0 bridgehead atoms. The fraction of sp³-hybridized carbons (Fsp3) is 0.750. The molecule has 3 nitrogen and oxygen atoms in total. The number of nitrogens with zero attached hydrogens (tertiary/aromatic N) is 2. The Labute approximate surface area is 92.9 Å². The molecule has 1 aromatic heterocycles. The largest absolute Gasteiger partial charge is 0.317 e. The number of rotatable bonds is 7. The highest BCUT2D eigenvalue weighted by atomic mass is 15.3. The number of aryl methyl sites for hydroxylation is 1. The minimum atomic E-state index is 0.606. The predicted molar refractivity (Wildman–Crippen MR) is 64.1 cm³/mol. The summed E-state index contributed by atoms with van der Waals surface area (Å²) < 4.78 is 2.04. The van der Waals surface area contributed by atoms with Crippen molar-refractivity contribution < 1.29 is 0 Å². The average Bonchev–Trinajstić information content (AvgIpc) is 2.67. The van der Waals surface area contributed by atoms with Gasteiger partial charge in [-0.25, -0.2) is 0 Å². The Kier molecular flexibility index (Phi) is 5.40. The van der Waals surface area contributed by atoms with E-state index in [-0.39, 0.29) is 0 Å². The summed E-state index contributed by atoms with van der Waals surface area (Å²) in [6.45, 7) is 9.77. The van der Waals surface area contributed by atoms with Crippen LogP contribution in [0.4, 0.5) is 0 Å². The normalized spacial score (nSPS) is 13.0. The van der Waals surface area contributed by atoms with Crippen molar-refractivity contribution in [2.75, 3.05) is 13.1 Å². The van der Waals surface area contributed by atoms with Crippen LogP contribution in [0.5, 0.6) is 0 Å². The van der Waals surface area contributed by atoms with Gasteiger partial charge in [0.2, 0.25) is 0 Å². The molecule has 1 unspecified atom stereocenters. The second-order valence-corrected chi connectivity index (χ2v) is 4.08. The molecule has 1 atom stereocenters. The highest BCUT2D eigenvalue weighted by Gasteiger charge is 2.07. The molecule has 0 fully saturated rings. The smallest absolute Gasteiger partial charge is 0.0524 e. The Hall–Kier alpha value is -0.830. The van der Waals surface area contributed by atoms with Crippen molar-refractivity contribution in [1.82, 2.24) is 15.1 Å². The highest BCUT2D eigenvalue weighted by Crippen LogP contribution is 2.17. The summed E-state index contributed by atoms with van der Waals surface area (Å²) in [4.78, 5) is 0. The van der Waals surface area contributed by atoms with Gasteiger partial charge in [0, 0.05) is 12.7 Å². The van der Waals surface area contributed by atoms with Gasteiger partial charge in [-0.3, -0.25) is 4.68 Å². The van der Waals surface area contributed by atoms with Crippen LogP contribution in [0.2, 0.25) is 0 Å². The summed E-state index contributed by atoms with van der Waals surface area (Å²) in [6, 6.07) is 0. The summed E-state index contributed by atoms with van der Waals surface area (Å²) in [5.74, 6) is 0.606. The van der Waals surface area contributed by atoms with Crippen LogP contribution < -0.4 is 5.32 Å². The topological polar surface area (TPSA) is 29.9 Å². The molecular formula is C12H23N3. The minimum Gasteiger partial charge on any atom is -0.317 e. The van der Waals surface area contributed by atoms with E-state index >= 15 is 0 Å². The summed E-state index contributed by atoms with van der Waals surface area (Å²) >= 11 is 0. The first-order chi connectivity index (χ1) is 7.27. The van der Waals surface area contributed by atoms with E-state index < -0.39 is 0 Å². The van der Waals surface area contributed by atoms with Gasteiger partial charge in [0.15, 0.2) is 0 Å². The van der Waals surface area contributed by atoms with E-state index in [9.17, 15) is 0 Å². The third-order valence-electron chi connectivity index (χ3n) is 2.68. The van der Waals surface area contributed by atoms with Crippen LogP contribution in [0, 0.1) is 0 Å². The Balaban J connectivity index is 2.39. The molecule has 1 aromatic rings. The Morgan fingerprint density at radius 3 is 2.93 bits per heavy atom. The first-order valence-electron chi connectivity index (χ1n) is 6.01. The molecule has 0 saturated carbocycles. The van der Waals surface area contributed by atoms with Gasteiger partial charge < -0.3 is 5.32 Å². The van der Waals surface area contributed by atoms with Crippen molar-refractivity contribution in [3.63, 3.8) is 0 Å². The van der Waals surface area contributed by atoms with E-state index in [1.807, 2.05) is 10.9 Å². The molecule has 0 aromatic carbocycles. The number of hydrogen-bond donors (Lipinski definition) is 1. The summed E-state index contributed by atoms with van der Waals surface area (Å²) in [5.41, 5.74) is 1.36. The molecule has 0 aliphatic heterocycles. The average molecular weight is 209 g/mol. The predicted octanol–water partition coefficient (Wildman–Crippen LogP) is 2.40. The molecule has 15 heavy (non-hydrogen) atoms. The SMILES string of the molecule is CCCn1cc(C(C)CCNCC)cn1. The zero-order valence-electron chi connectivity index (χ0n) is 10.2. The van der Waals surface area contributed by atoms with Crippen molar-refractivity contribution >= 4 is 0 Å². The van der Waals surface area contributed by atoms with Crippen molar-refractivity contribution in [3.05, 3.63) is 18.0 Å². The maximum Gasteiger partial charge on any atom is 0.0524 e. The van der Waals surface area contributed by atoms with Gasteiger partial charge in [-0.15, -0.1) is 0 Å². The molecule has 0 radical (unpaired) electrons. The molecule has 0 spiro atoms. The van der Waals surface area contributed by atoms with Gasteiger partial charge in [-0.1, -0.05) is 20.8 Å². The quantitative estimate of drug-likeness (QED) is 0.699. The van der Waals surface area contributed by atoms with Crippen molar-refractivity contribution in [2.45, 2.75) is 46.1 Å². The van der Waals surface area contributed by atoms with Crippen molar-refractivity contribution in [1.29, 1.82) is 0 Å². The lowest BCUT2D eigenvalue weighted by molar-refractivity contribution is 0.594. The van der Waals surface area contributed by atoms with E-state index in [1.165, 1.54) is 12.0 Å². The van der Waals surface area contributed by atoms with Gasteiger partial charge >= 0.3 is 0 Å². The molecule has 0 amide bonds. The summed E-state index contributed by atoms with van der Waals surface area (Å²) in [5, 5.41) is 7.71. The van der Waals surface area contributed by atoms with Gasteiger partial charge in [0.1, 0.15) is 0 Å². The standard InChI is InChI=1S/C12H23N3/c1-4-8-15-10-12(9-14-15)11(3)6-7-13-5-2/h9-11,13H,4-8H2,1-3H3. The van der Waals surface area contributed by atoms with Crippen LogP contribution in [0.3, 0.4) is 0 Å². The Morgan fingerprint density at radius 1 is 1.47 bits per heavy atom. The molecule has 1 heterocycles. The Morgan fingerprint density at radius 2 is 2.27 bits per heavy atom. The van der Waals surface area contributed by atoms with E-state index in [4.69, 9.17) is 0 Å². The lowest BCUT2D eigenvalue weighted by Crippen LogP contribution is -2.15. The first kappa shape index (κ1) is 12.2. The lowest BCUT2D eigenvalue weighted by Gasteiger charge is -2.08. The molecule has 0 saturated heterocycles. The maximum atomic E-state index is 4.35. The van der Waals surface area contributed by atoms with Gasteiger partial charge in [-0.2, -0.15) is 5.10 Å². The molecule has 86 valence electrons. The van der Waals surface area contributed by atoms with Crippen LogP contribution in [0.15, 0.2) is 12.4 Å². The van der Waals surface area contributed by atoms with Crippen LogP contribution in [-0.2, 0) is 6.54 Å². The molecule has 0 aliphatic rings. The number of hydrogen-bond acceptors (Lipinski definition) is 2. The Bertz CT molecular complexity index is 268. The van der Waals surface area contributed by atoms with Crippen LogP contribution in [0.25, 0.3) is 0 Å².